The van der Waals surface area contributed by atoms with E-state index in [0.29, 0.717) is 5.92 Å². The maximum Gasteiger partial charge on any atom is 0.133 e. The van der Waals surface area contributed by atoms with Crippen LogP contribution in [-0.2, 0) is 6.42 Å². The van der Waals surface area contributed by atoms with Crippen LogP contribution in [0.15, 0.2) is 24.3 Å². The van der Waals surface area contributed by atoms with Crippen molar-refractivity contribution in [1.82, 2.24) is 14.7 Å². The SMILES string of the molecule is CCN1CCCC(c2nn(-c3ccc(F)cc3)c3c2CCCCN3)C1. The highest BCUT2D eigenvalue weighted by Crippen LogP contribution is 2.35. The second-order valence-electron chi connectivity index (χ2n) is 7.22. The molecule has 0 spiro atoms. The number of likely N-dealkylation sites (tertiary alicyclic amines) is 1. The molecule has 1 aromatic heterocycles. The van der Waals surface area contributed by atoms with E-state index >= 15 is 0 Å². The minimum atomic E-state index is -0.207. The highest BCUT2D eigenvalue weighted by molar-refractivity contribution is 5.55. The Morgan fingerprint density at radius 1 is 1.20 bits per heavy atom. The Hall–Kier alpha value is -1.88. The average molecular weight is 342 g/mol. The number of rotatable bonds is 3. The van der Waals surface area contributed by atoms with Crippen molar-refractivity contribution < 1.29 is 4.39 Å². The summed E-state index contributed by atoms with van der Waals surface area (Å²) < 4.78 is 15.3. The molecule has 0 radical (unpaired) electrons. The molecule has 134 valence electrons. The van der Waals surface area contributed by atoms with Crippen LogP contribution in [0.3, 0.4) is 0 Å². The highest BCUT2D eigenvalue weighted by Gasteiger charge is 2.29. The van der Waals surface area contributed by atoms with Gasteiger partial charge in [-0.05, 0) is 69.5 Å². The van der Waals surface area contributed by atoms with E-state index in [4.69, 9.17) is 5.10 Å². The van der Waals surface area contributed by atoms with Crippen LogP contribution in [0.4, 0.5) is 10.2 Å². The first kappa shape index (κ1) is 16.6. The molecule has 1 unspecified atom stereocenters. The first-order chi connectivity index (χ1) is 12.3. The van der Waals surface area contributed by atoms with Crippen LogP contribution in [0.5, 0.6) is 0 Å². The third-order valence-corrected chi connectivity index (χ3v) is 5.57. The standard InChI is InChI=1S/C20H27FN4/c1-2-24-13-5-6-15(14-24)19-18-7-3-4-12-22-20(18)25(23-19)17-10-8-16(21)9-11-17/h8-11,15,22H,2-7,12-14H2,1H3. The number of anilines is 1. The van der Waals surface area contributed by atoms with Crippen molar-refractivity contribution in [2.24, 2.45) is 0 Å². The first-order valence-electron chi connectivity index (χ1n) is 9.60. The molecule has 1 fully saturated rings. The predicted octanol–water partition coefficient (Wildman–Crippen LogP) is 3.96. The molecule has 1 N–H and O–H groups in total. The van der Waals surface area contributed by atoms with Crippen LogP contribution in [0, 0.1) is 5.82 Å². The van der Waals surface area contributed by atoms with Crippen LogP contribution in [-0.4, -0.2) is 40.9 Å². The van der Waals surface area contributed by atoms with Crippen LogP contribution < -0.4 is 5.32 Å². The Kier molecular flexibility index (Phi) is 4.75. The Morgan fingerprint density at radius 3 is 2.84 bits per heavy atom. The molecule has 1 aromatic carbocycles. The fourth-order valence-electron chi connectivity index (χ4n) is 4.19. The molecule has 0 amide bonds. The summed E-state index contributed by atoms with van der Waals surface area (Å²) >= 11 is 0. The van der Waals surface area contributed by atoms with Gasteiger partial charge in [-0.3, -0.25) is 0 Å². The van der Waals surface area contributed by atoms with E-state index in [9.17, 15) is 4.39 Å². The van der Waals surface area contributed by atoms with Crippen molar-refractivity contribution in [3.63, 3.8) is 0 Å². The lowest BCUT2D eigenvalue weighted by molar-refractivity contribution is 0.215. The van der Waals surface area contributed by atoms with Gasteiger partial charge in [0.05, 0.1) is 11.4 Å². The van der Waals surface area contributed by atoms with Crippen LogP contribution in [0.2, 0.25) is 0 Å². The largest absolute Gasteiger partial charge is 0.370 e. The van der Waals surface area contributed by atoms with Gasteiger partial charge in [0.1, 0.15) is 11.6 Å². The quantitative estimate of drug-likeness (QED) is 0.916. The van der Waals surface area contributed by atoms with Gasteiger partial charge in [0.2, 0.25) is 0 Å². The molecule has 2 aliphatic heterocycles. The number of hydrogen-bond donors (Lipinski definition) is 1. The number of piperidine rings is 1. The summed E-state index contributed by atoms with van der Waals surface area (Å²) in [7, 11) is 0. The molecule has 0 saturated carbocycles. The number of fused-ring (bicyclic) bond motifs is 1. The summed E-state index contributed by atoms with van der Waals surface area (Å²) in [6, 6.07) is 6.66. The lowest BCUT2D eigenvalue weighted by Crippen LogP contribution is -2.34. The lowest BCUT2D eigenvalue weighted by Gasteiger charge is -2.31. The van der Waals surface area contributed by atoms with Gasteiger partial charge in [-0.2, -0.15) is 5.10 Å². The van der Waals surface area contributed by atoms with E-state index in [-0.39, 0.29) is 5.82 Å². The second-order valence-corrected chi connectivity index (χ2v) is 7.22. The Morgan fingerprint density at radius 2 is 2.04 bits per heavy atom. The minimum Gasteiger partial charge on any atom is -0.370 e. The van der Waals surface area contributed by atoms with Gasteiger partial charge in [0, 0.05) is 24.6 Å². The van der Waals surface area contributed by atoms with Gasteiger partial charge in [0.15, 0.2) is 0 Å². The maximum atomic E-state index is 13.3. The summed E-state index contributed by atoms with van der Waals surface area (Å²) in [6.45, 7) is 6.62. The molecule has 4 nitrogen and oxygen atoms in total. The van der Waals surface area contributed by atoms with Crippen molar-refractivity contribution in [2.75, 3.05) is 31.5 Å². The average Bonchev–Trinajstić information content (AvgIpc) is 2.84. The van der Waals surface area contributed by atoms with E-state index in [2.05, 4.69) is 17.1 Å². The number of nitrogens with one attached hydrogen (secondary N) is 1. The fourth-order valence-corrected chi connectivity index (χ4v) is 4.19. The number of hydrogen-bond acceptors (Lipinski definition) is 3. The van der Waals surface area contributed by atoms with Crippen molar-refractivity contribution in [1.29, 1.82) is 0 Å². The van der Waals surface area contributed by atoms with Gasteiger partial charge in [-0.1, -0.05) is 6.92 Å². The Labute approximate surface area is 149 Å². The monoisotopic (exact) mass is 342 g/mol. The van der Waals surface area contributed by atoms with Crippen molar-refractivity contribution >= 4 is 5.82 Å². The normalized spacial score (nSPS) is 21.4. The molecule has 0 aliphatic carbocycles. The number of likely N-dealkylation sites (N-methyl/N-ethyl adjacent to an activating group) is 1. The summed E-state index contributed by atoms with van der Waals surface area (Å²) in [6.07, 6.45) is 5.92. The Balaban J connectivity index is 1.75. The summed E-state index contributed by atoms with van der Waals surface area (Å²) in [5.74, 6) is 1.41. The van der Waals surface area contributed by atoms with Gasteiger partial charge in [-0.25, -0.2) is 9.07 Å². The van der Waals surface area contributed by atoms with E-state index in [0.717, 1.165) is 37.6 Å². The van der Waals surface area contributed by atoms with Crippen LogP contribution >= 0.6 is 0 Å². The van der Waals surface area contributed by atoms with E-state index in [1.807, 2.05) is 16.8 Å². The molecule has 0 bridgehead atoms. The third-order valence-electron chi connectivity index (χ3n) is 5.57. The number of benzene rings is 1. The van der Waals surface area contributed by atoms with Gasteiger partial charge >= 0.3 is 0 Å². The fraction of sp³-hybridized carbons (Fsp3) is 0.550. The third kappa shape index (κ3) is 3.30. The molecule has 25 heavy (non-hydrogen) atoms. The molecule has 2 aromatic rings. The predicted molar refractivity (Wildman–Crippen MR) is 99.0 cm³/mol. The molecule has 5 heteroatoms. The zero-order valence-corrected chi connectivity index (χ0v) is 15.0. The van der Waals surface area contributed by atoms with Crippen molar-refractivity contribution in [2.45, 2.75) is 44.9 Å². The van der Waals surface area contributed by atoms with Gasteiger partial charge in [-0.15, -0.1) is 0 Å². The van der Waals surface area contributed by atoms with Crippen molar-refractivity contribution in [3.05, 3.63) is 41.3 Å². The first-order valence-corrected chi connectivity index (χ1v) is 9.60. The zero-order chi connectivity index (χ0) is 17.2. The Bertz CT molecular complexity index is 722. The molecular weight excluding hydrogens is 315 g/mol. The van der Waals surface area contributed by atoms with E-state index in [1.54, 1.807) is 0 Å². The summed E-state index contributed by atoms with van der Waals surface area (Å²) in [5.41, 5.74) is 3.57. The topological polar surface area (TPSA) is 33.1 Å². The number of nitrogens with zero attached hydrogens (tertiary/aromatic N) is 3. The molecule has 2 aliphatic rings. The number of halogens is 1. The van der Waals surface area contributed by atoms with Gasteiger partial charge < -0.3 is 10.2 Å². The second kappa shape index (κ2) is 7.16. The highest BCUT2D eigenvalue weighted by atomic mass is 19.1. The van der Waals surface area contributed by atoms with Crippen LogP contribution in [0.25, 0.3) is 5.69 Å². The van der Waals surface area contributed by atoms with Gasteiger partial charge in [0.25, 0.3) is 0 Å². The zero-order valence-electron chi connectivity index (χ0n) is 15.0. The molecular formula is C20H27FN4. The van der Waals surface area contributed by atoms with Crippen LogP contribution in [0.1, 0.15) is 49.8 Å². The summed E-state index contributed by atoms with van der Waals surface area (Å²) in [4.78, 5) is 2.53. The molecule has 4 rings (SSSR count). The maximum absolute atomic E-state index is 13.3. The smallest absolute Gasteiger partial charge is 0.133 e. The van der Waals surface area contributed by atoms with E-state index in [1.165, 1.54) is 55.6 Å². The number of aromatic nitrogens is 2. The van der Waals surface area contributed by atoms with Crippen molar-refractivity contribution in [3.8, 4) is 5.69 Å². The summed E-state index contributed by atoms with van der Waals surface area (Å²) in [5, 5.41) is 8.62. The molecule has 1 saturated heterocycles. The minimum absolute atomic E-state index is 0.207. The lowest BCUT2D eigenvalue weighted by atomic mass is 9.91. The molecule has 3 heterocycles. The van der Waals surface area contributed by atoms with E-state index < -0.39 is 0 Å². The molecule has 1 atom stereocenters.